The van der Waals surface area contributed by atoms with Crippen molar-refractivity contribution >= 4 is 106 Å². The molecule has 0 saturated heterocycles. The molecule has 0 aliphatic carbocycles. The van der Waals surface area contributed by atoms with E-state index in [1.807, 2.05) is 127 Å². The first-order chi connectivity index (χ1) is 48.4. The summed E-state index contributed by atoms with van der Waals surface area (Å²) in [7, 11) is 0. The highest BCUT2D eigenvalue weighted by Gasteiger charge is 2.39. The lowest BCUT2D eigenvalue weighted by atomic mass is 9.85. The minimum Gasteiger partial charge on any atom is -0.480 e. The van der Waals surface area contributed by atoms with Crippen molar-refractivity contribution < 1.29 is 51.3 Å². The van der Waals surface area contributed by atoms with Gasteiger partial charge in [-0.2, -0.15) is 5.10 Å². The van der Waals surface area contributed by atoms with Gasteiger partial charge < -0.3 is 48.6 Å². The van der Waals surface area contributed by atoms with Crippen molar-refractivity contribution in [1.82, 2.24) is 35.0 Å². The van der Waals surface area contributed by atoms with E-state index in [2.05, 4.69) is 101 Å². The number of nitrogen functional groups attached to an aromatic ring is 1. The number of fused-ring (bicyclic) bond motifs is 9. The van der Waals surface area contributed by atoms with Crippen LogP contribution in [-0.2, 0) is 44.7 Å². The van der Waals surface area contributed by atoms with Gasteiger partial charge in [0, 0.05) is 64.3 Å². The maximum atomic E-state index is 13.9. The molecule has 1 amide bonds. The Morgan fingerprint density at radius 1 is 0.547 bits per heavy atom. The molecule has 0 unspecified atom stereocenters. The number of hydrogen-bond acceptors (Lipinski definition) is 18. The van der Waals surface area contributed by atoms with Crippen LogP contribution in [0.5, 0.6) is 0 Å². The zero-order chi connectivity index (χ0) is 79.5. The number of carboxylic acid groups (broad SMARTS) is 1. The Morgan fingerprint density at radius 3 is 1.34 bits per heavy atom. The topological polar surface area (TPSA) is 353 Å². The maximum Gasteiger partial charge on any atom is 0.323 e. The number of hydrazine groups is 1. The van der Waals surface area contributed by atoms with Crippen LogP contribution in [0.1, 0.15) is 163 Å². The number of carbonyl (C=O) groups excluding carboxylic acids is 2. The number of hydrazone groups is 1. The van der Waals surface area contributed by atoms with Gasteiger partial charge in [0.05, 0.1) is 60.6 Å². The van der Waals surface area contributed by atoms with Crippen LogP contribution < -0.4 is 55.2 Å². The first-order valence-corrected chi connectivity index (χ1v) is 35.3. The number of ketones is 1. The molecule has 31 heteroatoms. The number of aliphatic carboxylic acids is 1. The van der Waals surface area contributed by atoms with Crippen LogP contribution in [0.3, 0.4) is 0 Å². The molecule has 0 fully saturated rings. The summed E-state index contributed by atoms with van der Waals surface area (Å²) in [6.45, 7) is 38.9. The summed E-state index contributed by atoms with van der Waals surface area (Å²) in [4.78, 5) is 33.6. The number of aryl methyl sites for hydroxylation is 7. The van der Waals surface area contributed by atoms with E-state index in [0.29, 0.717) is 27.5 Å². The molecule has 7 heterocycles. The van der Waals surface area contributed by atoms with Crippen molar-refractivity contribution in [3.05, 3.63) is 184 Å². The predicted octanol–water partition coefficient (Wildman–Crippen LogP) is 14.5. The molecule has 0 saturated carbocycles. The van der Waals surface area contributed by atoms with Crippen LogP contribution in [0, 0.1) is 90.3 Å². The van der Waals surface area contributed by atoms with Crippen LogP contribution >= 0.6 is 44.1 Å². The normalized spacial score (nSPS) is 15.8. The zero-order valence-corrected chi connectivity index (χ0v) is 67.5. The molecule has 6 aromatic carbocycles. The second-order valence-corrected chi connectivity index (χ2v) is 31.5. The van der Waals surface area contributed by atoms with E-state index in [-0.39, 0.29) is 68.7 Å². The van der Waals surface area contributed by atoms with Crippen molar-refractivity contribution in [2.75, 3.05) is 32.3 Å². The third kappa shape index (κ3) is 20.4. The SMILES string of the molecule is CC(=O)N/N=C1\Cc2c(C)cc(F)cc2NC1(C)C.CC(C)(N)C(=O)O.Cc1c(Br)c(F)cc2c1-n1c(C)nnc1C(C)(C)N2.Cc1cc(F)cc(Br)c1N.Cc1cc(F)cc2c1-n1c(C)nnc1C(C)(C)N2.Cc1cc(F)cc2c1CC(=O)C(C)(C)N2.Cc1cc(F)cc2c1CC(=S)C(C)(C)N2.NN.O. The number of nitrogens with one attached hydrogen (secondary N) is 6. The van der Waals surface area contributed by atoms with E-state index in [0.717, 1.165) is 130 Å². The van der Waals surface area contributed by atoms with E-state index in [4.69, 9.17) is 28.8 Å². The average Bonchev–Trinajstić information content (AvgIpc) is 1.49. The smallest absolute Gasteiger partial charge is 0.323 e. The maximum absolute atomic E-state index is 13.9. The van der Waals surface area contributed by atoms with Crippen LogP contribution in [0.15, 0.2) is 80.8 Å². The number of amides is 1. The number of halogens is 8. The molecule has 0 bridgehead atoms. The van der Waals surface area contributed by atoms with Crippen molar-refractivity contribution in [3.63, 3.8) is 0 Å². The summed E-state index contributed by atoms with van der Waals surface area (Å²) in [6.07, 6.45) is 1.75. The minimum absolute atomic E-state index is 0. The summed E-state index contributed by atoms with van der Waals surface area (Å²) < 4.78 is 84.9. The molecule has 5 aliphatic rings. The molecular formula is C75H97Br2F6N17O5S. The molecule has 0 spiro atoms. The van der Waals surface area contributed by atoms with Gasteiger partial charge in [-0.1, -0.05) is 12.2 Å². The summed E-state index contributed by atoms with van der Waals surface area (Å²) in [6, 6.07) is 16.3. The highest BCUT2D eigenvalue weighted by molar-refractivity contribution is 9.11. The lowest BCUT2D eigenvalue weighted by molar-refractivity contribution is -0.142. The van der Waals surface area contributed by atoms with E-state index >= 15 is 0 Å². The van der Waals surface area contributed by atoms with Gasteiger partial charge in [-0.25, -0.2) is 31.8 Å². The highest BCUT2D eigenvalue weighted by Crippen LogP contribution is 2.43. The molecule has 5 aliphatic heterocycles. The molecule has 574 valence electrons. The molecule has 22 nitrogen and oxygen atoms in total. The second-order valence-electron chi connectivity index (χ2n) is 29.4. The zero-order valence-electron chi connectivity index (χ0n) is 63.5. The monoisotopic (exact) mass is 1620 g/mol. The van der Waals surface area contributed by atoms with E-state index in [9.17, 15) is 40.7 Å². The summed E-state index contributed by atoms with van der Waals surface area (Å²) >= 11 is 11.8. The van der Waals surface area contributed by atoms with Crippen molar-refractivity contribution in [2.24, 2.45) is 22.5 Å². The third-order valence-corrected chi connectivity index (χ3v) is 20.1. The van der Waals surface area contributed by atoms with Crippen molar-refractivity contribution in [2.45, 2.75) is 198 Å². The number of hydrogen-bond donors (Lipinski definition) is 11. The van der Waals surface area contributed by atoms with Gasteiger partial charge in [-0.05, 0) is 281 Å². The Balaban J connectivity index is 0.000000225. The number of carboxylic acids is 1. The number of anilines is 6. The molecule has 106 heavy (non-hydrogen) atoms. The van der Waals surface area contributed by atoms with Crippen molar-refractivity contribution in [1.29, 1.82) is 0 Å². The number of benzene rings is 6. The first kappa shape index (κ1) is 87.8. The van der Waals surface area contributed by atoms with Gasteiger partial charge >= 0.3 is 5.97 Å². The largest absolute Gasteiger partial charge is 0.480 e. The van der Waals surface area contributed by atoms with Gasteiger partial charge in [-0.3, -0.25) is 35.2 Å². The molecule has 0 atom stereocenters. The quantitative estimate of drug-likeness (QED) is 0.0252. The Labute approximate surface area is 637 Å². The number of thiocarbonyl (C=S) groups is 1. The van der Waals surface area contributed by atoms with E-state index in [1.54, 1.807) is 19.1 Å². The minimum atomic E-state index is -1.08. The molecular weight excluding hydrogens is 1520 g/mol. The average molecular weight is 1620 g/mol. The number of nitrogens with two attached hydrogens (primary N) is 4. The lowest BCUT2D eigenvalue weighted by Crippen LogP contribution is -2.46. The number of nitrogens with zero attached hydrogens (tertiary/aromatic N) is 7. The molecule has 13 rings (SSSR count). The number of aromatic nitrogens is 6. The molecule has 2 aromatic heterocycles. The second kappa shape index (κ2) is 33.9. The Kier molecular flexibility index (Phi) is 28.1. The van der Waals surface area contributed by atoms with Crippen molar-refractivity contribution in [3.8, 4) is 11.4 Å². The molecule has 0 radical (unpaired) electrons. The standard InChI is InChI=1S/C14H18FN3O.C13H14BrFN4.C13H15FN4.C12H14FNO.C12H14FNS.C7H7BrFN.C4H9NO2.H4N2.H2O/c1-8-5-10(15)6-12-11(8)7-13(14(3,4)16-12)18-17-9(2)19;1-6-10(14)8(15)5-9-11(6)19-7(2)17-18-12(19)13(3,4)16-9;1-7-5-9(14)6-10-11(7)18-8(2)16-17-12(18)13(3,4)15-10;2*1-7-4-8(13)5-10-9(7)6-11(15)12(2,3)14-10;1-4-2-5(9)3-6(8)7(4)10;1-4(2,5)3(6)7;1-2;/h5-6,16H,7H2,1-4H3,(H,17,19);5,16H,1-4H3;5-6,15H,1-4H3;2*4-5,14H,6H2,1-3H3;2-3H,10H2,1H3;5H2,1-2H3,(H,6,7);1-2H2;1H2/b18-13+;;;;;;;;. The first-order valence-electron chi connectivity index (χ1n) is 33.3. The predicted molar refractivity (Wildman–Crippen MR) is 420 cm³/mol. The van der Waals surface area contributed by atoms with Gasteiger partial charge in [0.15, 0.2) is 17.4 Å². The molecule has 17 N–H and O–H groups in total. The summed E-state index contributed by atoms with van der Waals surface area (Å²) in [5.74, 6) is 8.79. The highest BCUT2D eigenvalue weighted by atomic mass is 79.9. The lowest BCUT2D eigenvalue weighted by Gasteiger charge is -2.35. The van der Waals surface area contributed by atoms with Crippen LogP contribution in [0.25, 0.3) is 11.4 Å². The molecule has 8 aromatic rings. The summed E-state index contributed by atoms with van der Waals surface area (Å²) in [5, 5.41) is 45.3. The number of Topliss-reactive ketones (excluding diaryl/α,β-unsaturated/α-hetero) is 1. The van der Waals surface area contributed by atoms with Crippen LogP contribution in [0.4, 0.5) is 60.5 Å². The van der Waals surface area contributed by atoms with Crippen LogP contribution in [-0.4, -0.2) is 90.5 Å². The summed E-state index contributed by atoms with van der Waals surface area (Å²) in [5.41, 5.74) is 25.5. The van der Waals surface area contributed by atoms with Gasteiger partial charge in [-0.15, -0.1) is 20.4 Å². The van der Waals surface area contributed by atoms with Gasteiger partial charge in [0.25, 0.3) is 0 Å². The number of rotatable bonds is 2. The van der Waals surface area contributed by atoms with E-state index < -0.39 is 22.6 Å². The Hall–Kier alpha value is -8.85. The number of carbonyl (C=O) groups is 3. The third-order valence-electron chi connectivity index (χ3n) is 17.8. The van der Waals surface area contributed by atoms with E-state index in [1.165, 1.54) is 75.4 Å². The van der Waals surface area contributed by atoms with Crippen LogP contribution in [0.2, 0.25) is 0 Å². The fourth-order valence-corrected chi connectivity index (χ4v) is 12.9. The Bertz CT molecular complexity index is 4600. The van der Waals surface area contributed by atoms with Gasteiger partial charge in [0.2, 0.25) is 5.91 Å². The fourth-order valence-electron chi connectivity index (χ4n) is 11.9. The van der Waals surface area contributed by atoms with Gasteiger partial charge in [0.1, 0.15) is 52.1 Å². The Morgan fingerprint density at radius 2 is 0.906 bits per heavy atom. The fraction of sp³-hybridized carbons (Fsp3) is 0.400.